The lowest BCUT2D eigenvalue weighted by atomic mass is 10.0. The second-order valence-corrected chi connectivity index (χ2v) is 7.12. The number of carbonyl (C=O) groups excluding carboxylic acids is 1. The number of rotatable bonds is 3. The van der Waals surface area contributed by atoms with Gasteiger partial charge in [-0.1, -0.05) is 0 Å². The van der Waals surface area contributed by atoms with Crippen molar-refractivity contribution in [2.45, 2.75) is 31.8 Å². The van der Waals surface area contributed by atoms with Crippen LogP contribution in [0.2, 0.25) is 0 Å². The van der Waals surface area contributed by atoms with Crippen molar-refractivity contribution in [2.24, 2.45) is 5.73 Å². The summed E-state index contributed by atoms with van der Waals surface area (Å²) in [5, 5.41) is 3.62. The predicted octanol–water partition coefficient (Wildman–Crippen LogP) is 2.70. The Morgan fingerprint density at radius 1 is 1.56 bits per heavy atom. The fourth-order valence-electron chi connectivity index (χ4n) is 2.26. The first-order valence-corrected chi connectivity index (χ1v) is 7.73. The minimum Gasteiger partial charge on any atom is -0.351 e. The molecular weight excluding hydrogens is 314 g/mol. The van der Waals surface area contributed by atoms with Gasteiger partial charge in [0.2, 0.25) is 0 Å². The highest BCUT2D eigenvalue weighted by molar-refractivity contribution is 9.11. The summed E-state index contributed by atoms with van der Waals surface area (Å²) in [6.45, 7) is 3.69. The van der Waals surface area contributed by atoms with Gasteiger partial charge in [0.1, 0.15) is 0 Å². The summed E-state index contributed by atoms with van der Waals surface area (Å²) in [6, 6.07) is 4.74. The topological polar surface area (TPSA) is 58.4 Å². The van der Waals surface area contributed by atoms with Gasteiger partial charge < -0.3 is 16.0 Å². The summed E-state index contributed by atoms with van der Waals surface area (Å²) in [5.41, 5.74) is 5.27. The van der Waals surface area contributed by atoms with Crippen molar-refractivity contribution in [3.8, 4) is 0 Å². The largest absolute Gasteiger partial charge is 0.351 e. The maximum atomic E-state index is 11.0. The van der Waals surface area contributed by atoms with Crippen LogP contribution in [0.4, 0.5) is 4.79 Å². The molecule has 1 saturated heterocycles. The Balaban J connectivity index is 1.83. The number of hydrogen-bond donors (Lipinski definition) is 2. The van der Waals surface area contributed by atoms with Gasteiger partial charge in [0.15, 0.2) is 0 Å². The van der Waals surface area contributed by atoms with Crippen molar-refractivity contribution in [3.63, 3.8) is 0 Å². The van der Waals surface area contributed by atoms with Gasteiger partial charge in [-0.15, -0.1) is 11.3 Å². The molecular formula is C12H18BrN3OS. The van der Waals surface area contributed by atoms with Crippen molar-refractivity contribution in [2.75, 3.05) is 13.1 Å². The number of nitrogens with zero attached hydrogens (tertiary/aromatic N) is 1. The van der Waals surface area contributed by atoms with Crippen LogP contribution in [0.3, 0.4) is 0 Å². The lowest BCUT2D eigenvalue weighted by molar-refractivity contribution is 0.183. The summed E-state index contributed by atoms with van der Waals surface area (Å²) < 4.78 is 1.16. The van der Waals surface area contributed by atoms with E-state index < -0.39 is 0 Å². The Hall–Kier alpha value is -0.590. The first kappa shape index (κ1) is 13.8. The van der Waals surface area contributed by atoms with E-state index in [-0.39, 0.29) is 6.03 Å². The fraction of sp³-hybridized carbons (Fsp3) is 0.583. The number of piperidine rings is 1. The molecule has 3 N–H and O–H groups in total. The number of likely N-dealkylation sites (tertiary alicyclic amines) is 1. The molecule has 2 heterocycles. The average Bonchev–Trinajstić information content (AvgIpc) is 2.76. The van der Waals surface area contributed by atoms with Crippen LogP contribution in [0.15, 0.2) is 15.9 Å². The quantitative estimate of drug-likeness (QED) is 0.894. The van der Waals surface area contributed by atoms with Crippen molar-refractivity contribution >= 4 is 33.3 Å². The van der Waals surface area contributed by atoms with Crippen LogP contribution in [0.25, 0.3) is 0 Å². The third-order valence-corrected chi connectivity index (χ3v) is 5.12. The Morgan fingerprint density at radius 3 is 2.72 bits per heavy atom. The smallest absolute Gasteiger partial charge is 0.314 e. The number of nitrogens with one attached hydrogen (secondary N) is 1. The van der Waals surface area contributed by atoms with Crippen LogP contribution in [-0.4, -0.2) is 30.1 Å². The van der Waals surface area contributed by atoms with Gasteiger partial charge in [-0.05, 0) is 47.8 Å². The van der Waals surface area contributed by atoms with E-state index in [9.17, 15) is 4.79 Å². The number of amides is 2. The molecule has 1 unspecified atom stereocenters. The van der Waals surface area contributed by atoms with Gasteiger partial charge in [0.25, 0.3) is 0 Å². The summed E-state index contributed by atoms with van der Waals surface area (Å²) in [5.74, 6) is 0. The molecule has 100 valence electrons. The zero-order valence-corrected chi connectivity index (χ0v) is 12.8. The highest BCUT2D eigenvalue weighted by Crippen LogP contribution is 2.28. The first-order valence-electron chi connectivity index (χ1n) is 6.12. The molecule has 2 rings (SSSR count). The molecule has 18 heavy (non-hydrogen) atoms. The molecule has 0 radical (unpaired) electrons. The Bertz CT molecular complexity index is 415. The SMILES string of the molecule is CC(NC1CCN(C(N)=O)CC1)c1ccc(Br)s1. The molecule has 0 spiro atoms. The van der Waals surface area contributed by atoms with E-state index in [0.29, 0.717) is 12.1 Å². The zero-order valence-electron chi connectivity index (χ0n) is 10.4. The molecule has 2 amide bonds. The summed E-state index contributed by atoms with van der Waals surface area (Å²) in [6.07, 6.45) is 1.94. The van der Waals surface area contributed by atoms with Crippen LogP contribution < -0.4 is 11.1 Å². The summed E-state index contributed by atoms with van der Waals surface area (Å²) in [7, 11) is 0. The van der Waals surface area contributed by atoms with E-state index >= 15 is 0 Å². The molecule has 1 aliphatic rings. The van der Waals surface area contributed by atoms with Crippen molar-refractivity contribution < 1.29 is 4.79 Å². The second kappa shape index (κ2) is 6.04. The third kappa shape index (κ3) is 3.46. The molecule has 0 bridgehead atoms. The maximum absolute atomic E-state index is 11.0. The van der Waals surface area contributed by atoms with E-state index in [1.807, 2.05) is 0 Å². The van der Waals surface area contributed by atoms with Gasteiger partial charge in [-0.3, -0.25) is 0 Å². The number of carbonyl (C=O) groups is 1. The molecule has 4 nitrogen and oxygen atoms in total. The number of nitrogens with two attached hydrogens (primary N) is 1. The summed E-state index contributed by atoms with van der Waals surface area (Å²) >= 11 is 5.24. The van der Waals surface area contributed by atoms with Crippen LogP contribution in [0.5, 0.6) is 0 Å². The van der Waals surface area contributed by atoms with Crippen LogP contribution in [0.1, 0.15) is 30.7 Å². The highest BCUT2D eigenvalue weighted by atomic mass is 79.9. The fourth-order valence-corrected chi connectivity index (χ4v) is 3.70. The Labute approximate surface area is 120 Å². The van der Waals surface area contributed by atoms with Crippen molar-refractivity contribution in [1.29, 1.82) is 0 Å². The molecule has 1 fully saturated rings. The average molecular weight is 332 g/mol. The van der Waals surface area contributed by atoms with Gasteiger partial charge in [-0.2, -0.15) is 0 Å². The van der Waals surface area contributed by atoms with Gasteiger partial charge >= 0.3 is 6.03 Å². The Kier molecular flexibility index (Phi) is 4.64. The summed E-state index contributed by atoms with van der Waals surface area (Å²) in [4.78, 5) is 14.1. The molecule has 0 aliphatic carbocycles. The Morgan fingerprint density at radius 2 is 2.22 bits per heavy atom. The second-order valence-electron chi connectivity index (χ2n) is 4.63. The van der Waals surface area contributed by atoms with Gasteiger partial charge in [0, 0.05) is 30.1 Å². The first-order chi connectivity index (χ1) is 8.56. The molecule has 6 heteroatoms. The lowest BCUT2D eigenvalue weighted by Crippen LogP contribution is -2.47. The molecule has 0 aromatic carbocycles. The van der Waals surface area contributed by atoms with Crippen molar-refractivity contribution in [3.05, 3.63) is 20.8 Å². The van der Waals surface area contributed by atoms with E-state index in [1.165, 1.54) is 4.88 Å². The van der Waals surface area contributed by atoms with Crippen molar-refractivity contribution in [1.82, 2.24) is 10.2 Å². The highest BCUT2D eigenvalue weighted by Gasteiger charge is 2.22. The van der Waals surface area contributed by atoms with E-state index in [1.54, 1.807) is 16.2 Å². The standard InChI is InChI=1S/C12H18BrN3OS/c1-8(10-2-3-11(13)18-10)15-9-4-6-16(7-5-9)12(14)17/h2-3,8-9,15H,4-7H2,1H3,(H2,14,17). The molecule has 1 aromatic rings. The normalized spacial score (nSPS) is 18.9. The number of primary amides is 1. The lowest BCUT2D eigenvalue weighted by Gasteiger charge is -2.32. The minimum absolute atomic E-state index is 0.302. The predicted molar refractivity (Wildman–Crippen MR) is 77.7 cm³/mol. The van der Waals surface area contributed by atoms with Gasteiger partial charge in [0.05, 0.1) is 3.79 Å². The van der Waals surface area contributed by atoms with E-state index in [4.69, 9.17) is 5.73 Å². The molecule has 0 saturated carbocycles. The van der Waals surface area contributed by atoms with Crippen LogP contribution >= 0.6 is 27.3 Å². The van der Waals surface area contributed by atoms with E-state index in [2.05, 4.69) is 40.3 Å². The number of hydrogen-bond acceptors (Lipinski definition) is 3. The van der Waals surface area contributed by atoms with Crippen LogP contribution in [0, 0.1) is 0 Å². The number of halogens is 1. The maximum Gasteiger partial charge on any atom is 0.314 e. The molecule has 1 atom stereocenters. The zero-order chi connectivity index (χ0) is 13.1. The number of urea groups is 1. The molecule has 1 aromatic heterocycles. The monoisotopic (exact) mass is 331 g/mol. The minimum atomic E-state index is -0.302. The molecule has 1 aliphatic heterocycles. The van der Waals surface area contributed by atoms with Gasteiger partial charge in [-0.25, -0.2) is 4.79 Å². The third-order valence-electron chi connectivity index (χ3n) is 3.31. The van der Waals surface area contributed by atoms with Crippen LogP contribution in [-0.2, 0) is 0 Å². The van der Waals surface area contributed by atoms with E-state index in [0.717, 1.165) is 29.7 Å². The number of thiophene rings is 1.